The van der Waals surface area contributed by atoms with Crippen LogP contribution < -0.4 is 5.48 Å². The Labute approximate surface area is 109 Å². The number of benzene rings is 1. The Morgan fingerprint density at radius 2 is 2.11 bits per heavy atom. The Balaban J connectivity index is 2.93. The summed E-state index contributed by atoms with van der Waals surface area (Å²) in [5, 5.41) is 8.42. The van der Waals surface area contributed by atoms with E-state index >= 15 is 0 Å². The molecule has 0 bridgehead atoms. The van der Waals surface area contributed by atoms with E-state index in [1.807, 2.05) is 5.48 Å². The van der Waals surface area contributed by atoms with Gasteiger partial charge in [-0.15, -0.1) is 0 Å². The smallest absolute Gasteiger partial charge is 0.394 e. The van der Waals surface area contributed by atoms with Crippen molar-refractivity contribution in [3.8, 4) is 0 Å². The molecule has 0 aliphatic carbocycles. The fourth-order valence-corrected chi connectivity index (χ4v) is 1.81. The molecule has 0 aliphatic rings. The first-order valence-corrected chi connectivity index (χ1v) is 5.56. The second-order valence-corrected chi connectivity index (χ2v) is 3.96. The van der Waals surface area contributed by atoms with Crippen molar-refractivity contribution in [1.82, 2.24) is 5.48 Å². The number of carbonyl (C=O) groups excluding carboxylic acids is 1. The number of hydroxylamine groups is 1. The van der Waals surface area contributed by atoms with Crippen molar-refractivity contribution in [3.63, 3.8) is 0 Å². The predicted molar refractivity (Wildman–Crippen MR) is 59.6 cm³/mol. The van der Waals surface area contributed by atoms with Crippen molar-refractivity contribution < 1.29 is 27.9 Å². The second-order valence-electron chi connectivity index (χ2n) is 3.17. The highest BCUT2D eigenvalue weighted by molar-refractivity contribution is 9.10. The van der Waals surface area contributed by atoms with Crippen LogP contribution in [0.1, 0.15) is 15.9 Å². The van der Waals surface area contributed by atoms with Gasteiger partial charge < -0.3 is 5.11 Å². The number of carbonyl (C=O) groups is 1. The quantitative estimate of drug-likeness (QED) is 0.658. The summed E-state index contributed by atoms with van der Waals surface area (Å²) in [6.45, 7) is -0.466. The van der Waals surface area contributed by atoms with Gasteiger partial charge >= 0.3 is 6.18 Å². The van der Waals surface area contributed by atoms with Crippen LogP contribution in [-0.4, -0.2) is 24.2 Å². The van der Waals surface area contributed by atoms with E-state index in [1.54, 1.807) is 0 Å². The molecule has 0 saturated heterocycles. The fourth-order valence-electron chi connectivity index (χ4n) is 1.14. The van der Waals surface area contributed by atoms with Crippen LogP contribution in [0, 0.1) is 0 Å². The lowest BCUT2D eigenvalue weighted by atomic mass is 10.1. The molecular weight excluding hydrogens is 319 g/mol. The van der Waals surface area contributed by atoms with Gasteiger partial charge in [-0.1, -0.05) is 6.07 Å². The van der Waals surface area contributed by atoms with Crippen LogP contribution in [0.4, 0.5) is 13.2 Å². The van der Waals surface area contributed by atoms with Gasteiger partial charge in [-0.2, -0.15) is 13.2 Å². The van der Waals surface area contributed by atoms with Gasteiger partial charge in [0.1, 0.15) is 0 Å². The number of rotatable bonds is 4. The van der Waals surface area contributed by atoms with E-state index in [-0.39, 0.29) is 23.2 Å². The van der Waals surface area contributed by atoms with Gasteiger partial charge in [0.15, 0.2) is 0 Å². The van der Waals surface area contributed by atoms with E-state index in [2.05, 4.69) is 20.8 Å². The Kier molecular flexibility index (Phi) is 5.12. The van der Waals surface area contributed by atoms with Gasteiger partial charge in [0.25, 0.3) is 5.91 Å². The van der Waals surface area contributed by atoms with E-state index in [0.717, 1.165) is 12.1 Å². The summed E-state index contributed by atoms with van der Waals surface area (Å²) in [6.07, 6.45) is -4.55. The van der Waals surface area contributed by atoms with Crippen molar-refractivity contribution in [1.29, 1.82) is 0 Å². The lowest BCUT2D eigenvalue weighted by Gasteiger charge is -2.12. The zero-order chi connectivity index (χ0) is 13.8. The van der Waals surface area contributed by atoms with Gasteiger partial charge in [-0.05, 0) is 28.1 Å². The largest absolute Gasteiger partial charge is 0.417 e. The van der Waals surface area contributed by atoms with Gasteiger partial charge in [0.05, 0.1) is 24.3 Å². The maximum Gasteiger partial charge on any atom is 0.417 e. The maximum absolute atomic E-state index is 12.6. The molecule has 1 amide bonds. The topological polar surface area (TPSA) is 58.6 Å². The minimum absolute atomic E-state index is 0.150. The van der Waals surface area contributed by atoms with Crippen LogP contribution >= 0.6 is 15.9 Å². The molecule has 4 nitrogen and oxygen atoms in total. The number of hydrogen-bond acceptors (Lipinski definition) is 3. The van der Waals surface area contributed by atoms with Crippen molar-refractivity contribution in [2.75, 3.05) is 13.2 Å². The number of aliphatic hydroxyl groups excluding tert-OH is 1. The third-order valence-corrected chi connectivity index (χ3v) is 2.76. The van der Waals surface area contributed by atoms with Crippen molar-refractivity contribution in [3.05, 3.63) is 33.8 Å². The van der Waals surface area contributed by atoms with Crippen LogP contribution in [0.15, 0.2) is 22.7 Å². The molecule has 18 heavy (non-hydrogen) atoms. The minimum Gasteiger partial charge on any atom is -0.394 e. The Morgan fingerprint density at radius 1 is 1.44 bits per heavy atom. The zero-order valence-electron chi connectivity index (χ0n) is 8.92. The predicted octanol–water partition coefficient (Wildman–Crippen LogP) is 2.12. The zero-order valence-corrected chi connectivity index (χ0v) is 10.5. The third kappa shape index (κ3) is 3.69. The molecule has 1 aromatic carbocycles. The number of hydrogen-bond donors (Lipinski definition) is 2. The summed E-state index contributed by atoms with van der Waals surface area (Å²) < 4.78 is 37.4. The van der Waals surface area contributed by atoms with Crippen molar-refractivity contribution in [2.24, 2.45) is 0 Å². The standard InChI is InChI=1S/C10H9BrF3NO3/c11-8-6(9(17)15-18-5-4-16)2-1-3-7(8)10(12,13)14/h1-3,16H,4-5H2,(H,15,17). The molecule has 0 saturated carbocycles. The molecule has 0 aliphatic heterocycles. The number of aliphatic hydroxyl groups is 1. The first kappa shape index (κ1) is 14.9. The van der Waals surface area contributed by atoms with Crippen molar-refractivity contribution >= 4 is 21.8 Å². The lowest BCUT2D eigenvalue weighted by Crippen LogP contribution is -2.26. The number of alkyl halides is 3. The molecule has 2 N–H and O–H groups in total. The Bertz CT molecular complexity index is 437. The fraction of sp³-hybridized carbons (Fsp3) is 0.300. The Morgan fingerprint density at radius 3 is 2.67 bits per heavy atom. The highest BCUT2D eigenvalue weighted by Gasteiger charge is 2.34. The number of halogens is 4. The molecule has 0 unspecified atom stereocenters. The van der Waals surface area contributed by atoms with E-state index in [0.29, 0.717) is 0 Å². The maximum atomic E-state index is 12.6. The summed E-state index contributed by atoms with van der Waals surface area (Å²) in [5.41, 5.74) is 0.770. The lowest BCUT2D eigenvalue weighted by molar-refractivity contribution is -0.138. The van der Waals surface area contributed by atoms with Gasteiger partial charge in [0, 0.05) is 4.47 Å². The first-order chi connectivity index (χ1) is 8.38. The SMILES string of the molecule is O=C(NOCCO)c1cccc(C(F)(F)F)c1Br. The second kappa shape index (κ2) is 6.17. The molecule has 100 valence electrons. The number of amides is 1. The minimum atomic E-state index is -4.55. The van der Waals surface area contributed by atoms with Crippen LogP contribution in [-0.2, 0) is 11.0 Å². The summed E-state index contributed by atoms with van der Waals surface area (Å²) in [6, 6.07) is 3.20. The molecule has 0 radical (unpaired) electrons. The third-order valence-electron chi connectivity index (χ3n) is 1.91. The highest BCUT2D eigenvalue weighted by Crippen LogP contribution is 2.36. The summed E-state index contributed by atoms with van der Waals surface area (Å²) >= 11 is 2.74. The monoisotopic (exact) mass is 327 g/mol. The molecule has 1 rings (SSSR count). The molecule has 0 aromatic heterocycles. The molecule has 0 heterocycles. The van der Waals surface area contributed by atoms with Crippen LogP contribution in [0.25, 0.3) is 0 Å². The van der Waals surface area contributed by atoms with E-state index in [4.69, 9.17) is 5.11 Å². The summed E-state index contributed by atoms with van der Waals surface area (Å²) in [4.78, 5) is 16.0. The first-order valence-electron chi connectivity index (χ1n) is 4.76. The molecule has 0 fully saturated rings. The molecule has 0 atom stereocenters. The molecular formula is C10H9BrF3NO3. The summed E-state index contributed by atoms with van der Waals surface area (Å²) in [5.74, 6) is -0.832. The normalized spacial score (nSPS) is 11.4. The van der Waals surface area contributed by atoms with Crippen LogP contribution in [0.2, 0.25) is 0 Å². The highest BCUT2D eigenvalue weighted by atomic mass is 79.9. The average Bonchev–Trinajstić information content (AvgIpc) is 2.28. The molecule has 1 aromatic rings. The number of nitrogens with one attached hydrogen (secondary N) is 1. The van der Waals surface area contributed by atoms with Gasteiger partial charge in [-0.25, -0.2) is 5.48 Å². The van der Waals surface area contributed by atoms with Crippen molar-refractivity contribution in [2.45, 2.75) is 6.18 Å². The Hall–Kier alpha value is -1.12. The molecule has 8 heteroatoms. The summed E-state index contributed by atoms with van der Waals surface area (Å²) in [7, 11) is 0. The van der Waals surface area contributed by atoms with E-state index < -0.39 is 17.6 Å². The van der Waals surface area contributed by atoms with Gasteiger partial charge in [-0.3, -0.25) is 9.63 Å². The molecule has 0 spiro atoms. The van der Waals surface area contributed by atoms with Gasteiger partial charge in [0.2, 0.25) is 0 Å². The van der Waals surface area contributed by atoms with Crippen LogP contribution in [0.3, 0.4) is 0 Å². The van der Waals surface area contributed by atoms with Crippen LogP contribution in [0.5, 0.6) is 0 Å². The van der Waals surface area contributed by atoms with E-state index in [1.165, 1.54) is 6.07 Å². The van der Waals surface area contributed by atoms with E-state index in [9.17, 15) is 18.0 Å². The average molecular weight is 328 g/mol.